The lowest BCUT2D eigenvalue weighted by Gasteiger charge is -2.17. The van der Waals surface area contributed by atoms with Crippen LogP contribution in [0.4, 0.5) is 13.2 Å². The molecular weight excluding hydrogens is 477 g/mol. The summed E-state index contributed by atoms with van der Waals surface area (Å²) in [6, 6.07) is 4.15. The fourth-order valence-corrected chi connectivity index (χ4v) is 4.90. The van der Waals surface area contributed by atoms with Crippen molar-refractivity contribution in [2.45, 2.75) is 31.0 Å². The zero-order valence-corrected chi connectivity index (χ0v) is 18.8. The predicted octanol–water partition coefficient (Wildman–Crippen LogP) is 3.95. The van der Waals surface area contributed by atoms with E-state index in [1.165, 1.54) is 17.4 Å². The molecule has 0 bridgehead atoms. The Labute approximate surface area is 190 Å². The van der Waals surface area contributed by atoms with Crippen LogP contribution in [0.5, 0.6) is 0 Å². The summed E-state index contributed by atoms with van der Waals surface area (Å²) in [5, 5.41) is 12.2. The van der Waals surface area contributed by atoms with Crippen molar-refractivity contribution in [2.24, 2.45) is 0 Å². The predicted molar refractivity (Wildman–Crippen MR) is 115 cm³/mol. The van der Waals surface area contributed by atoms with E-state index in [-0.39, 0.29) is 11.3 Å². The average Bonchev–Trinajstić information content (AvgIpc) is 3.38. The van der Waals surface area contributed by atoms with Gasteiger partial charge in [-0.2, -0.15) is 23.2 Å². The van der Waals surface area contributed by atoms with Gasteiger partial charge in [0, 0.05) is 23.2 Å². The molecule has 0 aromatic carbocycles. The standard InChI is InChI=1S/C20H15F3N6O2S2/c1-11-5-14-15(6-24)18(29(19(14)26-7-11)17-9-32-10-27-17)16-4-3-13(8-25-16)33(30,31)28-12(2)20(21,22)23/h3-5,7-10,12,28H,1-2H3/t12-/m0/s1. The van der Waals surface area contributed by atoms with E-state index in [0.29, 0.717) is 29.5 Å². The summed E-state index contributed by atoms with van der Waals surface area (Å²) in [5.74, 6) is 0.497. The van der Waals surface area contributed by atoms with Crippen LogP contribution in [0.2, 0.25) is 0 Å². The Morgan fingerprint density at radius 2 is 1.97 bits per heavy atom. The van der Waals surface area contributed by atoms with Crippen LogP contribution < -0.4 is 4.72 Å². The average molecular weight is 493 g/mol. The van der Waals surface area contributed by atoms with Crippen molar-refractivity contribution >= 4 is 32.4 Å². The first-order valence-corrected chi connectivity index (χ1v) is 11.8. The maximum Gasteiger partial charge on any atom is 0.404 e. The molecule has 0 saturated carbocycles. The van der Waals surface area contributed by atoms with Gasteiger partial charge in [0.1, 0.15) is 28.5 Å². The smallest absolute Gasteiger partial charge is 0.274 e. The first-order valence-electron chi connectivity index (χ1n) is 9.38. The van der Waals surface area contributed by atoms with Gasteiger partial charge in [0.2, 0.25) is 10.0 Å². The van der Waals surface area contributed by atoms with Crippen LogP contribution in [0.1, 0.15) is 18.1 Å². The highest BCUT2D eigenvalue weighted by atomic mass is 32.2. The maximum absolute atomic E-state index is 12.8. The first kappa shape index (κ1) is 22.8. The van der Waals surface area contributed by atoms with Crippen molar-refractivity contribution in [2.75, 3.05) is 0 Å². The molecule has 170 valence electrons. The molecule has 0 aliphatic carbocycles. The summed E-state index contributed by atoms with van der Waals surface area (Å²) >= 11 is 1.34. The summed E-state index contributed by atoms with van der Waals surface area (Å²) in [6.45, 7) is 2.54. The molecule has 1 atom stereocenters. The zero-order chi connectivity index (χ0) is 24.0. The Bertz CT molecular complexity index is 1470. The number of thiazole rings is 1. The summed E-state index contributed by atoms with van der Waals surface area (Å²) in [6.07, 6.45) is -2.14. The monoisotopic (exact) mass is 492 g/mol. The quantitative estimate of drug-likeness (QED) is 0.451. The van der Waals surface area contributed by atoms with Crippen LogP contribution in [-0.4, -0.2) is 40.2 Å². The van der Waals surface area contributed by atoms with E-state index in [1.54, 1.807) is 32.4 Å². The molecule has 0 spiro atoms. The van der Waals surface area contributed by atoms with Crippen molar-refractivity contribution in [3.05, 3.63) is 52.6 Å². The van der Waals surface area contributed by atoms with Gasteiger partial charge in [0.15, 0.2) is 0 Å². The van der Waals surface area contributed by atoms with Crippen molar-refractivity contribution in [3.63, 3.8) is 0 Å². The van der Waals surface area contributed by atoms with E-state index in [1.807, 2.05) is 6.92 Å². The van der Waals surface area contributed by atoms with Crippen molar-refractivity contribution < 1.29 is 21.6 Å². The van der Waals surface area contributed by atoms with Gasteiger partial charge in [-0.15, -0.1) is 11.3 Å². The molecule has 8 nitrogen and oxygen atoms in total. The van der Waals surface area contributed by atoms with E-state index >= 15 is 0 Å². The van der Waals surface area contributed by atoms with Gasteiger partial charge < -0.3 is 0 Å². The summed E-state index contributed by atoms with van der Waals surface area (Å²) in [7, 11) is -4.47. The molecule has 0 amide bonds. The van der Waals surface area contributed by atoms with Crippen LogP contribution in [0.3, 0.4) is 0 Å². The van der Waals surface area contributed by atoms with Crippen molar-refractivity contribution in [3.8, 4) is 23.3 Å². The minimum Gasteiger partial charge on any atom is -0.274 e. The number of aromatic nitrogens is 4. The molecule has 4 aromatic rings. The van der Waals surface area contributed by atoms with Gasteiger partial charge in [0.25, 0.3) is 0 Å². The number of nitrogens with one attached hydrogen (secondary N) is 1. The molecular formula is C20H15F3N6O2S2. The Morgan fingerprint density at radius 1 is 1.21 bits per heavy atom. The number of sulfonamides is 1. The molecule has 0 radical (unpaired) electrons. The highest BCUT2D eigenvalue weighted by molar-refractivity contribution is 7.89. The fourth-order valence-electron chi connectivity index (χ4n) is 3.21. The summed E-state index contributed by atoms with van der Waals surface area (Å²) < 4.78 is 66.3. The van der Waals surface area contributed by atoms with Gasteiger partial charge in [-0.1, -0.05) is 0 Å². The van der Waals surface area contributed by atoms with E-state index in [9.17, 15) is 26.9 Å². The summed E-state index contributed by atoms with van der Waals surface area (Å²) in [4.78, 5) is 12.5. The highest BCUT2D eigenvalue weighted by Gasteiger charge is 2.39. The molecule has 13 heteroatoms. The molecule has 0 fully saturated rings. The summed E-state index contributed by atoms with van der Waals surface area (Å²) in [5.41, 5.74) is 3.76. The van der Waals surface area contributed by atoms with E-state index in [0.717, 1.165) is 17.8 Å². The molecule has 4 aromatic heterocycles. The number of hydrogen-bond donors (Lipinski definition) is 1. The largest absolute Gasteiger partial charge is 0.404 e. The van der Waals surface area contributed by atoms with Crippen LogP contribution in [0.15, 0.2) is 46.4 Å². The second-order valence-corrected chi connectivity index (χ2v) is 9.60. The number of halogens is 3. The number of nitrogens with zero attached hydrogens (tertiary/aromatic N) is 5. The maximum atomic E-state index is 12.8. The Balaban J connectivity index is 1.85. The zero-order valence-electron chi connectivity index (χ0n) is 17.1. The Kier molecular flexibility index (Phi) is 5.69. The third-order valence-corrected chi connectivity index (χ3v) is 6.92. The Morgan fingerprint density at radius 3 is 2.55 bits per heavy atom. The molecule has 0 saturated heterocycles. The normalized spacial score (nSPS) is 13.2. The van der Waals surface area contributed by atoms with E-state index in [4.69, 9.17) is 0 Å². The molecule has 0 aliphatic heterocycles. The number of hydrogen-bond acceptors (Lipinski definition) is 7. The number of aryl methyl sites for hydroxylation is 1. The molecule has 0 aliphatic rings. The number of fused-ring (bicyclic) bond motifs is 1. The minimum atomic E-state index is -4.73. The second-order valence-electron chi connectivity index (χ2n) is 7.17. The fraction of sp³-hybridized carbons (Fsp3) is 0.200. The molecule has 4 rings (SSSR count). The van der Waals surface area contributed by atoms with Gasteiger partial charge >= 0.3 is 6.18 Å². The second kappa shape index (κ2) is 8.22. The number of nitriles is 1. The van der Waals surface area contributed by atoms with Gasteiger partial charge in [-0.25, -0.2) is 18.4 Å². The Hall–Kier alpha value is -3.34. The molecule has 4 heterocycles. The molecule has 1 N–H and O–H groups in total. The van der Waals surface area contributed by atoms with E-state index in [2.05, 4.69) is 21.0 Å². The highest BCUT2D eigenvalue weighted by Crippen LogP contribution is 2.35. The van der Waals surface area contributed by atoms with Crippen molar-refractivity contribution in [1.82, 2.24) is 24.2 Å². The van der Waals surface area contributed by atoms with Gasteiger partial charge in [-0.3, -0.25) is 9.55 Å². The van der Waals surface area contributed by atoms with Crippen LogP contribution in [0.25, 0.3) is 28.2 Å². The minimum absolute atomic E-state index is 0.234. The third kappa shape index (κ3) is 4.20. The molecule has 0 unspecified atom stereocenters. The third-order valence-electron chi connectivity index (χ3n) is 4.82. The van der Waals surface area contributed by atoms with Crippen molar-refractivity contribution in [1.29, 1.82) is 5.26 Å². The lowest BCUT2D eigenvalue weighted by atomic mass is 10.1. The topological polar surface area (TPSA) is 114 Å². The van der Waals surface area contributed by atoms with Crippen LogP contribution in [-0.2, 0) is 10.0 Å². The SMILES string of the molecule is Cc1cnc2c(c1)c(C#N)c(-c1ccc(S(=O)(=O)N[C@@H](C)C(F)(F)F)cn1)n2-c1cscn1. The van der Waals surface area contributed by atoms with E-state index < -0.39 is 27.1 Å². The van der Waals surface area contributed by atoms with Crippen LogP contribution >= 0.6 is 11.3 Å². The number of alkyl halides is 3. The van der Waals surface area contributed by atoms with Crippen LogP contribution in [0, 0.1) is 18.3 Å². The lowest BCUT2D eigenvalue weighted by molar-refractivity contribution is -0.147. The number of pyridine rings is 2. The van der Waals surface area contributed by atoms with Gasteiger partial charge in [0.05, 0.1) is 22.5 Å². The molecule has 33 heavy (non-hydrogen) atoms. The number of rotatable bonds is 5. The first-order chi connectivity index (χ1) is 15.5. The van der Waals surface area contributed by atoms with Gasteiger partial charge in [-0.05, 0) is 37.6 Å². The lowest BCUT2D eigenvalue weighted by Crippen LogP contribution is -2.42.